The van der Waals surface area contributed by atoms with E-state index >= 15 is 0 Å². The van der Waals surface area contributed by atoms with Crippen LogP contribution in [0.2, 0.25) is 10.0 Å². The largest absolute Gasteiger partial charge is 0.366 e. The number of aryl methyl sites for hydroxylation is 1. The molecule has 1 aliphatic heterocycles. The summed E-state index contributed by atoms with van der Waals surface area (Å²) in [4.78, 5) is 22.3. The summed E-state index contributed by atoms with van der Waals surface area (Å²) in [5.41, 5.74) is 4.00. The number of halogens is 3. The van der Waals surface area contributed by atoms with Crippen molar-refractivity contribution >= 4 is 55.9 Å². The van der Waals surface area contributed by atoms with Crippen LogP contribution in [0, 0.1) is 11.3 Å². The van der Waals surface area contributed by atoms with Crippen molar-refractivity contribution in [3.8, 4) is 6.07 Å². The van der Waals surface area contributed by atoms with E-state index in [4.69, 9.17) is 23.2 Å². The Hall–Kier alpha value is -2.89. The second-order valence-corrected chi connectivity index (χ2v) is 10.9. The number of hydrogen-bond acceptors (Lipinski definition) is 5. The molecule has 5 rings (SSSR count). The van der Waals surface area contributed by atoms with E-state index in [-0.39, 0.29) is 23.2 Å². The van der Waals surface area contributed by atoms with Crippen molar-refractivity contribution in [3.63, 3.8) is 0 Å². The number of anilines is 1. The zero-order valence-electron chi connectivity index (χ0n) is 20.3. The van der Waals surface area contributed by atoms with Crippen LogP contribution in [-0.2, 0) is 7.05 Å². The maximum atomic E-state index is 13.1. The van der Waals surface area contributed by atoms with Crippen LogP contribution in [0.1, 0.15) is 29.7 Å². The lowest BCUT2D eigenvalue weighted by atomic mass is 9.94. The van der Waals surface area contributed by atoms with E-state index in [1.54, 1.807) is 13.1 Å². The van der Waals surface area contributed by atoms with E-state index in [0.717, 1.165) is 11.1 Å². The Bertz CT molecular complexity index is 1520. The summed E-state index contributed by atoms with van der Waals surface area (Å²) in [7, 11) is 1.67. The second-order valence-electron chi connectivity index (χ2n) is 9.24. The number of rotatable bonds is 4. The monoisotopic (exact) mass is 595 g/mol. The summed E-state index contributed by atoms with van der Waals surface area (Å²) in [5.74, 6) is 0. The molecule has 0 bridgehead atoms. The molecule has 0 radical (unpaired) electrons. The molecule has 0 aliphatic carbocycles. The molecule has 0 amide bonds. The van der Waals surface area contributed by atoms with Gasteiger partial charge in [0.05, 0.1) is 17.2 Å². The van der Waals surface area contributed by atoms with Crippen LogP contribution in [-0.4, -0.2) is 40.1 Å². The van der Waals surface area contributed by atoms with Gasteiger partial charge >= 0.3 is 0 Å². The van der Waals surface area contributed by atoms with Crippen LogP contribution in [0.5, 0.6) is 0 Å². The number of pyridine rings is 2. The molecule has 1 atom stereocenters. The number of nitrogens with zero attached hydrogens (tertiary/aromatic N) is 5. The van der Waals surface area contributed by atoms with Crippen LogP contribution in [0.4, 0.5) is 5.69 Å². The number of aromatic nitrogens is 2. The minimum atomic E-state index is -0.315. The lowest BCUT2D eigenvalue weighted by Crippen LogP contribution is -2.53. The van der Waals surface area contributed by atoms with E-state index in [1.165, 1.54) is 4.57 Å². The van der Waals surface area contributed by atoms with Gasteiger partial charge in [-0.3, -0.25) is 9.69 Å². The van der Waals surface area contributed by atoms with Gasteiger partial charge in [0.15, 0.2) is 0 Å². The van der Waals surface area contributed by atoms with Gasteiger partial charge in [0.2, 0.25) is 0 Å². The molecule has 1 saturated heterocycles. The van der Waals surface area contributed by atoms with Gasteiger partial charge in [0.1, 0.15) is 21.8 Å². The van der Waals surface area contributed by atoms with Crippen LogP contribution in [0.15, 0.2) is 70.1 Å². The van der Waals surface area contributed by atoms with Crippen LogP contribution in [0.3, 0.4) is 0 Å². The highest BCUT2D eigenvalue weighted by Crippen LogP contribution is 2.36. The molecule has 2 aromatic heterocycles. The normalized spacial score (nSPS) is 16.4. The molecule has 0 saturated carbocycles. The number of fused-ring (bicyclic) bond motifs is 1. The third-order valence-corrected chi connectivity index (χ3v) is 7.94. The average molecular weight is 597 g/mol. The summed E-state index contributed by atoms with van der Waals surface area (Å²) in [6.45, 7) is 4.15. The highest BCUT2D eigenvalue weighted by molar-refractivity contribution is 9.10. The van der Waals surface area contributed by atoms with E-state index in [0.29, 0.717) is 51.0 Å². The number of nitriles is 1. The molecule has 0 N–H and O–H groups in total. The standard InChI is InChI=1S/C28H24BrCl2N5O/c1-17-16-35(27-22(15-32)28(37)34(2)23-11-12-24(29)33-25(23)27)13-14-36(17)26(18-3-7-20(30)8-4-18)19-5-9-21(31)10-6-19/h3-12,17,26H,13-14,16H2,1-2H3. The molecule has 3 heterocycles. The fourth-order valence-electron chi connectivity index (χ4n) is 5.20. The van der Waals surface area contributed by atoms with Crippen molar-refractivity contribution in [2.24, 2.45) is 7.05 Å². The van der Waals surface area contributed by atoms with E-state index in [2.05, 4.69) is 68.0 Å². The molecule has 37 heavy (non-hydrogen) atoms. The SMILES string of the molecule is CC1CN(c2c(C#N)c(=O)n(C)c3ccc(Br)nc23)CCN1C(c1ccc(Cl)cc1)c1ccc(Cl)cc1. The molecule has 0 spiro atoms. The fourth-order valence-corrected chi connectivity index (χ4v) is 5.76. The maximum absolute atomic E-state index is 13.1. The molecule has 9 heteroatoms. The Morgan fingerprint density at radius 1 is 1.00 bits per heavy atom. The summed E-state index contributed by atoms with van der Waals surface area (Å²) < 4.78 is 2.15. The molecule has 1 aliphatic rings. The second kappa shape index (κ2) is 10.5. The Labute approximate surface area is 233 Å². The number of benzene rings is 2. The van der Waals surface area contributed by atoms with Gasteiger partial charge in [0, 0.05) is 42.8 Å². The summed E-state index contributed by atoms with van der Waals surface area (Å²) in [5, 5.41) is 11.4. The number of piperazine rings is 1. The first-order chi connectivity index (χ1) is 17.8. The molecule has 6 nitrogen and oxygen atoms in total. The van der Waals surface area contributed by atoms with Gasteiger partial charge in [0.25, 0.3) is 5.56 Å². The van der Waals surface area contributed by atoms with Crippen molar-refractivity contribution in [1.29, 1.82) is 5.26 Å². The zero-order chi connectivity index (χ0) is 26.3. The maximum Gasteiger partial charge on any atom is 0.270 e. The molecule has 1 fully saturated rings. The molecular weight excluding hydrogens is 573 g/mol. The molecule has 2 aromatic carbocycles. The smallest absolute Gasteiger partial charge is 0.270 e. The first-order valence-electron chi connectivity index (χ1n) is 11.9. The van der Waals surface area contributed by atoms with Gasteiger partial charge in [-0.2, -0.15) is 5.26 Å². The first-order valence-corrected chi connectivity index (χ1v) is 13.4. The lowest BCUT2D eigenvalue weighted by molar-refractivity contribution is 0.150. The minimum Gasteiger partial charge on any atom is -0.366 e. The van der Waals surface area contributed by atoms with Crippen LogP contribution >= 0.6 is 39.1 Å². The third-order valence-electron chi connectivity index (χ3n) is 6.99. The predicted octanol–water partition coefficient (Wildman–Crippen LogP) is 6.17. The highest BCUT2D eigenvalue weighted by Gasteiger charge is 2.33. The molecule has 188 valence electrons. The van der Waals surface area contributed by atoms with Crippen molar-refractivity contribution in [1.82, 2.24) is 14.5 Å². The van der Waals surface area contributed by atoms with E-state index in [1.807, 2.05) is 30.3 Å². The predicted molar refractivity (Wildman–Crippen MR) is 153 cm³/mol. The third kappa shape index (κ3) is 4.87. The summed E-state index contributed by atoms with van der Waals surface area (Å²) in [6, 6.07) is 21.8. The average Bonchev–Trinajstić information content (AvgIpc) is 2.89. The fraction of sp³-hybridized carbons (Fsp3) is 0.250. The Morgan fingerprint density at radius 3 is 2.14 bits per heavy atom. The quantitative estimate of drug-likeness (QED) is 0.263. The Morgan fingerprint density at radius 2 is 1.59 bits per heavy atom. The first kappa shape index (κ1) is 25.7. The molecule has 4 aromatic rings. The van der Waals surface area contributed by atoms with E-state index in [9.17, 15) is 10.1 Å². The van der Waals surface area contributed by atoms with E-state index < -0.39 is 0 Å². The van der Waals surface area contributed by atoms with Gasteiger partial charge in [-0.1, -0.05) is 47.5 Å². The highest BCUT2D eigenvalue weighted by atomic mass is 79.9. The van der Waals surface area contributed by atoms with Crippen molar-refractivity contribution in [2.75, 3.05) is 24.5 Å². The van der Waals surface area contributed by atoms with Crippen LogP contribution in [0.25, 0.3) is 11.0 Å². The number of hydrogen-bond donors (Lipinski definition) is 0. The van der Waals surface area contributed by atoms with Crippen LogP contribution < -0.4 is 10.5 Å². The van der Waals surface area contributed by atoms with Crippen molar-refractivity contribution < 1.29 is 0 Å². The van der Waals surface area contributed by atoms with Crippen molar-refractivity contribution in [2.45, 2.75) is 19.0 Å². The Kier molecular flexibility index (Phi) is 7.28. The molecular formula is C28H24BrCl2N5O. The zero-order valence-corrected chi connectivity index (χ0v) is 23.4. The topological polar surface area (TPSA) is 65.2 Å². The lowest BCUT2D eigenvalue weighted by Gasteiger charge is -2.45. The minimum absolute atomic E-state index is 0.00484. The molecule has 1 unspecified atom stereocenters. The van der Waals surface area contributed by atoms with Crippen molar-refractivity contribution in [3.05, 3.63) is 102 Å². The van der Waals surface area contributed by atoms with Gasteiger partial charge < -0.3 is 9.47 Å². The Balaban J connectivity index is 1.55. The summed E-state index contributed by atoms with van der Waals surface area (Å²) in [6.07, 6.45) is 0. The van der Waals surface area contributed by atoms with Gasteiger partial charge in [-0.25, -0.2) is 4.98 Å². The summed E-state index contributed by atoms with van der Waals surface area (Å²) >= 11 is 15.8. The van der Waals surface area contributed by atoms with Gasteiger partial charge in [-0.15, -0.1) is 0 Å². The van der Waals surface area contributed by atoms with Gasteiger partial charge in [-0.05, 0) is 70.4 Å².